The molecular formula is C37H23NO. The van der Waals surface area contributed by atoms with E-state index in [9.17, 15) is 0 Å². The maximum absolute atomic E-state index is 6.41. The first-order valence-electron chi connectivity index (χ1n) is 13.2. The summed E-state index contributed by atoms with van der Waals surface area (Å²) in [6, 6.07) is 49.3. The van der Waals surface area contributed by atoms with Crippen LogP contribution in [0.4, 0.5) is 0 Å². The Balaban J connectivity index is 1.24. The Morgan fingerprint density at radius 1 is 0.410 bits per heavy atom. The summed E-state index contributed by atoms with van der Waals surface area (Å²) in [7, 11) is 0. The van der Waals surface area contributed by atoms with Gasteiger partial charge in [-0.3, -0.25) is 0 Å². The Morgan fingerprint density at radius 3 is 1.79 bits per heavy atom. The van der Waals surface area contributed by atoms with Crippen LogP contribution in [0.15, 0.2) is 144 Å². The summed E-state index contributed by atoms with van der Waals surface area (Å²) >= 11 is 0. The molecule has 0 spiro atoms. The highest BCUT2D eigenvalue weighted by Gasteiger charge is 2.14. The lowest BCUT2D eigenvalue weighted by Crippen LogP contribution is -1.84. The van der Waals surface area contributed by atoms with Gasteiger partial charge in [0.05, 0.1) is 0 Å². The summed E-state index contributed by atoms with van der Waals surface area (Å²) in [4.78, 5) is 4.81. The van der Waals surface area contributed by atoms with Crippen LogP contribution >= 0.6 is 0 Å². The van der Waals surface area contributed by atoms with Crippen LogP contribution in [-0.4, -0.2) is 4.98 Å². The van der Waals surface area contributed by atoms with Gasteiger partial charge in [-0.05, 0) is 79.5 Å². The van der Waals surface area contributed by atoms with Crippen LogP contribution in [0.25, 0.3) is 77.1 Å². The lowest BCUT2D eigenvalue weighted by atomic mass is 9.95. The second-order valence-electron chi connectivity index (χ2n) is 10.0. The molecule has 2 nitrogen and oxygen atoms in total. The van der Waals surface area contributed by atoms with Crippen molar-refractivity contribution < 1.29 is 4.42 Å². The average molecular weight is 498 g/mol. The predicted octanol–water partition coefficient (Wildman–Crippen LogP) is 10.3. The van der Waals surface area contributed by atoms with Crippen molar-refractivity contribution in [3.63, 3.8) is 0 Å². The molecule has 0 aliphatic heterocycles. The van der Waals surface area contributed by atoms with Crippen LogP contribution in [-0.2, 0) is 0 Å². The fourth-order valence-corrected chi connectivity index (χ4v) is 5.63. The van der Waals surface area contributed by atoms with Crippen LogP contribution in [0.3, 0.4) is 0 Å². The van der Waals surface area contributed by atoms with Crippen molar-refractivity contribution in [3.8, 4) is 33.7 Å². The topological polar surface area (TPSA) is 26.0 Å². The quantitative estimate of drug-likeness (QED) is 0.227. The van der Waals surface area contributed by atoms with Crippen molar-refractivity contribution in [1.82, 2.24) is 4.98 Å². The number of aromatic nitrogens is 1. The molecule has 0 N–H and O–H groups in total. The van der Waals surface area contributed by atoms with Gasteiger partial charge in [-0.15, -0.1) is 0 Å². The minimum Gasteiger partial charge on any atom is -0.435 e. The van der Waals surface area contributed by atoms with Crippen LogP contribution < -0.4 is 0 Å². The third kappa shape index (κ3) is 3.69. The average Bonchev–Trinajstić information content (AvgIpc) is 3.46. The number of benzene rings is 7. The number of hydrogen-bond acceptors (Lipinski definition) is 2. The standard InChI is InChI=1S/C37H23NO/c1-2-7-29(8-3-1)37-38-34-21-20-28-17-15-27-16-19-32(23-33(27)35(28)36(34)39-37)26-12-10-25(11-13-26)31-18-14-24-6-4-5-9-30(24)22-31/h1-23H. The first-order valence-corrected chi connectivity index (χ1v) is 13.2. The molecule has 1 heterocycles. The van der Waals surface area contributed by atoms with Crippen LogP contribution in [0.5, 0.6) is 0 Å². The fourth-order valence-electron chi connectivity index (χ4n) is 5.63. The highest BCUT2D eigenvalue weighted by Crippen LogP contribution is 2.37. The number of fused-ring (bicyclic) bond motifs is 6. The molecule has 0 aliphatic carbocycles. The van der Waals surface area contributed by atoms with Gasteiger partial charge in [-0.2, -0.15) is 0 Å². The molecule has 182 valence electrons. The maximum Gasteiger partial charge on any atom is 0.227 e. The van der Waals surface area contributed by atoms with Gasteiger partial charge in [0.15, 0.2) is 5.58 Å². The van der Waals surface area contributed by atoms with E-state index in [1.165, 1.54) is 43.8 Å². The van der Waals surface area contributed by atoms with E-state index in [0.717, 1.165) is 27.4 Å². The lowest BCUT2D eigenvalue weighted by molar-refractivity contribution is 0.623. The van der Waals surface area contributed by atoms with Gasteiger partial charge in [0.2, 0.25) is 5.89 Å². The highest BCUT2D eigenvalue weighted by atomic mass is 16.3. The zero-order chi connectivity index (χ0) is 25.8. The number of oxazole rings is 1. The summed E-state index contributed by atoms with van der Waals surface area (Å²) < 4.78 is 6.41. The zero-order valence-corrected chi connectivity index (χ0v) is 21.1. The largest absolute Gasteiger partial charge is 0.435 e. The van der Waals surface area contributed by atoms with E-state index >= 15 is 0 Å². The molecule has 8 aromatic rings. The van der Waals surface area contributed by atoms with E-state index in [4.69, 9.17) is 9.40 Å². The fraction of sp³-hybridized carbons (Fsp3) is 0. The van der Waals surface area contributed by atoms with Crippen LogP contribution in [0.1, 0.15) is 0 Å². The monoisotopic (exact) mass is 497 g/mol. The zero-order valence-electron chi connectivity index (χ0n) is 21.1. The number of nitrogens with zero attached hydrogens (tertiary/aromatic N) is 1. The van der Waals surface area contributed by atoms with E-state index < -0.39 is 0 Å². The molecular weight excluding hydrogens is 474 g/mol. The summed E-state index contributed by atoms with van der Waals surface area (Å²) in [6.45, 7) is 0. The van der Waals surface area contributed by atoms with E-state index in [-0.39, 0.29) is 0 Å². The van der Waals surface area contributed by atoms with Crippen molar-refractivity contribution in [2.45, 2.75) is 0 Å². The molecule has 8 rings (SSSR count). The summed E-state index contributed by atoms with van der Waals surface area (Å²) in [5, 5.41) is 7.13. The van der Waals surface area contributed by atoms with Crippen molar-refractivity contribution in [1.29, 1.82) is 0 Å². The predicted molar refractivity (Wildman–Crippen MR) is 163 cm³/mol. The Bertz CT molecular complexity index is 2160. The van der Waals surface area contributed by atoms with Gasteiger partial charge in [0, 0.05) is 10.9 Å². The molecule has 2 heteroatoms. The van der Waals surface area contributed by atoms with E-state index in [0.29, 0.717) is 5.89 Å². The minimum atomic E-state index is 0.649. The van der Waals surface area contributed by atoms with Gasteiger partial charge in [-0.1, -0.05) is 109 Å². The second kappa shape index (κ2) is 8.68. The van der Waals surface area contributed by atoms with Crippen LogP contribution in [0, 0.1) is 0 Å². The smallest absolute Gasteiger partial charge is 0.227 e. The minimum absolute atomic E-state index is 0.649. The molecule has 0 unspecified atom stereocenters. The molecule has 0 atom stereocenters. The van der Waals surface area contributed by atoms with Gasteiger partial charge in [0.1, 0.15) is 5.52 Å². The van der Waals surface area contributed by atoms with Gasteiger partial charge >= 0.3 is 0 Å². The van der Waals surface area contributed by atoms with Crippen molar-refractivity contribution in [2.75, 3.05) is 0 Å². The molecule has 7 aromatic carbocycles. The first kappa shape index (κ1) is 21.8. The summed E-state index contributed by atoms with van der Waals surface area (Å²) in [5.74, 6) is 0.649. The Morgan fingerprint density at radius 2 is 1.00 bits per heavy atom. The number of rotatable bonds is 3. The van der Waals surface area contributed by atoms with E-state index in [1.54, 1.807) is 0 Å². The highest BCUT2D eigenvalue weighted by molar-refractivity contribution is 6.18. The number of hydrogen-bond donors (Lipinski definition) is 0. The molecule has 0 amide bonds. The Kier molecular flexibility index (Phi) is 4.86. The van der Waals surface area contributed by atoms with Crippen molar-refractivity contribution in [2.24, 2.45) is 0 Å². The molecule has 0 fully saturated rings. The van der Waals surface area contributed by atoms with E-state index in [2.05, 4.69) is 109 Å². The summed E-state index contributed by atoms with van der Waals surface area (Å²) in [5.41, 5.74) is 7.50. The summed E-state index contributed by atoms with van der Waals surface area (Å²) in [6.07, 6.45) is 0. The first-order chi connectivity index (χ1) is 19.3. The Hall–Kier alpha value is -5.21. The molecule has 1 aromatic heterocycles. The molecule has 0 radical (unpaired) electrons. The maximum atomic E-state index is 6.41. The molecule has 0 bridgehead atoms. The molecule has 0 saturated heterocycles. The van der Waals surface area contributed by atoms with Crippen LogP contribution in [0.2, 0.25) is 0 Å². The molecule has 39 heavy (non-hydrogen) atoms. The molecule has 0 saturated carbocycles. The van der Waals surface area contributed by atoms with E-state index in [1.807, 2.05) is 30.3 Å². The van der Waals surface area contributed by atoms with Crippen molar-refractivity contribution in [3.05, 3.63) is 140 Å². The second-order valence-corrected chi connectivity index (χ2v) is 10.0. The SMILES string of the molecule is c1ccc(-c2nc3ccc4ccc5ccc(-c6ccc(-c7ccc8ccccc8c7)cc6)cc5c4c3o2)cc1. The lowest BCUT2D eigenvalue weighted by Gasteiger charge is -2.09. The van der Waals surface area contributed by atoms with Gasteiger partial charge in [-0.25, -0.2) is 4.98 Å². The van der Waals surface area contributed by atoms with Gasteiger partial charge < -0.3 is 4.42 Å². The normalized spacial score (nSPS) is 11.6. The molecule has 0 aliphatic rings. The Labute approximate surface area is 225 Å². The third-order valence-electron chi connectivity index (χ3n) is 7.68. The van der Waals surface area contributed by atoms with Gasteiger partial charge in [0.25, 0.3) is 0 Å². The van der Waals surface area contributed by atoms with Crippen molar-refractivity contribution >= 4 is 43.4 Å². The third-order valence-corrected chi connectivity index (χ3v) is 7.68.